The molecule has 0 bridgehead atoms. The summed E-state index contributed by atoms with van der Waals surface area (Å²) in [6.07, 6.45) is 0.684. The van der Waals surface area contributed by atoms with Crippen LogP contribution in [0, 0.1) is 0 Å². The van der Waals surface area contributed by atoms with Gasteiger partial charge in [0.2, 0.25) is 0 Å². The van der Waals surface area contributed by atoms with E-state index in [0.29, 0.717) is 18.5 Å². The Balaban J connectivity index is 2.38. The second-order valence-electron chi connectivity index (χ2n) is 3.42. The van der Waals surface area contributed by atoms with E-state index in [1.165, 1.54) is 12.1 Å². The fourth-order valence-electron chi connectivity index (χ4n) is 1.62. The summed E-state index contributed by atoms with van der Waals surface area (Å²) in [7, 11) is -4.80. The van der Waals surface area contributed by atoms with Gasteiger partial charge in [0, 0.05) is 12.1 Å². The van der Waals surface area contributed by atoms with Gasteiger partial charge in [-0.15, -0.1) is 0 Å². The predicted molar refractivity (Wildman–Crippen MR) is 56.1 cm³/mol. The molecule has 0 radical (unpaired) electrons. The Morgan fingerprint density at radius 1 is 1.38 bits per heavy atom. The van der Waals surface area contributed by atoms with Crippen molar-refractivity contribution < 1.29 is 17.1 Å². The van der Waals surface area contributed by atoms with E-state index in [2.05, 4.69) is 5.32 Å². The van der Waals surface area contributed by atoms with E-state index in [9.17, 15) is 17.1 Å². The quantitative estimate of drug-likeness (QED) is 0.748. The standard InChI is InChI=1S/C9H9FN2O3S/c10-16(14,15)12-7-2-1-6-3-4-11-9(13)8(6)5-7/h1-2,5,12H,3-4H2,(H,11,13). The van der Waals surface area contributed by atoms with Gasteiger partial charge in [0.25, 0.3) is 5.91 Å². The highest BCUT2D eigenvalue weighted by atomic mass is 32.3. The fraction of sp³-hybridized carbons (Fsp3) is 0.222. The van der Waals surface area contributed by atoms with Crippen LogP contribution in [0.5, 0.6) is 0 Å². The molecule has 0 spiro atoms. The minimum atomic E-state index is -4.80. The number of nitrogens with one attached hydrogen (secondary N) is 2. The fourth-order valence-corrected chi connectivity index (χ4v) is 2.02. The molecule has 86 valence electrons. The first kappa shape index (κ1) is 10.9. The Bertz CT molecular complexity index is 542. The van der Waals surface area contributed by atoms with Crippen molar-refractivity contribution in [1.29, 1.82) is 0 Å². The SMILES string of the molecule is O=C1NCCc2ccc(NS(=O)(=O)F)cc21. The molecular weight excluding hydrogens is 235 g/mol. The summed E-state index contributed by atoms with van der Waals surface area (Å²) in [5.41, 5.74) is 1.24. The van der Waals surface area contributed by atoms with Crippen molar-refractivity contribution in [2.75, 3.05) is 11.3 Å². The molecule has 1 aliphatic rings. The first-order valence-corrected chi connectivity index (χ1v) is 5.97. The number of anilines is 1. The molecule has 0 saturated carbocycles. The maximum atomic E-state index is 12.4. The van der Waals surface area contributed by atoms with Crippen molar-refractivity contribution in [3.8, 4) is 0 Å². The average molecular weight is 244 g/mol. The van der Waals surface area contributed by atoms with E-state index in [1.54, 1.807) is 10.8 Å². The molecule has 7 heteroatoms. The summed E-state index contributed by atoms with van der Waals surface area (Å²) >= 11 is 0. The number of carbonyl (C=O) groups excluding carboxylic acids is 1. The molecule has 1 heterocycles. The maximum absolute atomic E-state index is 12.4. The zero-order valence-corrected chi connectivity index (χ0v) is 8.97. The summed E-state index contributed by atoms with van der Waals surface area (Å²) < 4.78 is 34.8. The summed E-state index contributed by atoms with van der Waals surface area (Å²) in [5, 5.41) is 2.62. The van der Waals surface area contributed by atoms with Gasteiger partial charge in [0.05, 0.1) is 5.69 Å². The molecule has 2 N–H and O–H groups in total. The molecule has 2 rings (SSSR count). The van der Waals surface area contributed by atoms with Gasteiger partial charge in [0.1, 0.15) is 0 Å². The van der Waals surface area contributed by atoms with Crippen LogP contribution in [-0.4, -0.2) is 20.9 Å². The Hall–Kier alpha value is -1.63. The van der Waals surface area contributed by atoms with Gasteiger partial charge < -0.3 is 5.32 Å². The average Bonchev–Trinajstić information content (AvgIpc) is 2.17. The molecule has 1 aromatic carbocycles. The summed E-state index contributed by atoms with van der Waals surface area (Å²) in [4.78, 5) is 11.4. The van der Waals surface area contributed by atoms with E-state index in [1.807, 2.05) is 0 Å². The van der Waals surface area contributed by atoms with Crippen molar-refractivity contribution in [3.05, 3.63) is 29.3 Å². The molecule has 5 nitrogen and oxygen atoms in total. The van der Waals surface area contributed by atoms with E-state index >= 15 is 0 Å². The van der Waals surface area contributed by atoms with Gasteiger partial charge in [-0.1, -0.05) is 9.95 Å². The Kier molecular flexibility index (Phi) is 2.55. The third kappa shape index (κ3) is 2.30. The Morgan fingerprint density at radius 3 is 2.81 bits per heavy atom. The van der Waals surface area contributed by atoms with Crippen LogP contribution in [0.2, 0.25) is 0 Å². The van der Waals surface area contributed by atoms with Crippen molar-refractivity contribution in [2.24, 2.45) is 0 Å². The molecule has 0 unspecified atom stereocenters. The lowest BCUT2D eigenvalue weighted by Crippen LogP contribution is -2.31. The smallest absolute Gasteiger partial charge is 0.352 e. The largest absolute Gasteiger partial charge is 0.396 e. The normalized spacial score (nSPS) is 15.2. The molecular formula is C9H9FN2O3S. The Morgan fingerprint density at radius 2 is 2.12 bits per heavy atom. The zero-order valence-electron chi connectivity index (χ0n) is 8.16. The molecule has 1 amide bonds. The third-order valence-corrected chi connectivity index (χ3v) is 2.75. The molecule has 1 aliphatic heterocycles. The number of fused-ring (bicyclic) bond motifs is 1. The Labute approximate surface area is 92.0 Å². The summed E-state index contributed by atoms with van der Waals surface area (Å²) in [6, 6.07) is 4.36. The number of rotatable bonds is 2. The molecule has 0 fully saturated rings. The van der Waals surface area contributed by atoms with E-state index in [-0.39, 0.29) is 11.6 Å². The lowest BCUT2D eigenvalue weighted by molar-refractivity contribution is 0.0946. The van der Waals surface area contributed by atoms with Crippen LogP contribution in [0.3, 0.4) is 0 Å². The lowest BCUT2D eigenvalue weighted by atomic mass is 10.00. The molecule has 0 aromatic heterocycles. The first-order chi connectivity index (χ1) is 7.46. The van der Waals surface area contributed by atoms with Crippen LogP contribution in [-0.2, 0) is 16.8 Å². The van der Waals surface area contributed by atoms with Crippen molar-refractivity contribution in [1.82, 2.24) is 5.32 Å². The van der Waals surface area contributed by atoms with Crippen LogP contribution >= 0.6 is 0 Å². The number of halogens is 1. The maximum Gasteiger partial charge on any atom is 0.396 e. The highest BCUT2D eigenvalue weighted by molar-refractivity contribution is 7.87. The molecule has 16 heavy (non-hydrogen) atoms. The van der Waals surface area contributed by atoms with E-state index in [0.717, 1.165) is 5.56 Å². The molecule has 1 aromatic rings. The van der Waals surface area contributed by atoms with E-state index in [4.69, 9.17) is 0 Å². The topological polar surface area (TPSA) is 75.3 Å². The minimum absolute atomic E-state index is 0.0401. The van der Waals surface area contributed by atoms with Gasteiger partial charge in [-0.2, -0.15) is 8.42 Å². The second-order valence-corrected chi connectivity index (χ2v) is 4.50. The van der Waals surface area contributed by atoms with Crippen molar-refractivity contribution in [3.63, 3.8) is 0 Å². The second kappa shape index (κ2) is 3.75. The number of carbonyl (C=O) groups is 1. The number of hydrogen-bond donors (Lipinski definition) is 2. The van der Waals surface area contributed by atoms with Crippen LogP contribution in [0.1, 0.15) is 15.9 Å². The van der Waals surface area contributed by atoms with Gasteiger partial charge in [0.15, 0.2) is 0 Å². The molecule has 0 saturated heterocycles. The van der Waals surface area contributed by atoms with Gasteiger partial charge in [-0.05, 0) is 24.1 Å². The minimum Gasteiger partial charge on any atom is -0.352 e. The van der Waals surface area contributed by atoms with Crippen molar-refractivity contribution in [2.45, 2.75) is 6.42 Å². The van der Waals surface area contributed by atoms with E-state index < -0.39 is 10.4 Å². The highest BCUT2D eigenvalue weighted by Crippen LogP contribution is 2.19. The van der Waals surface area contributed by atoms with Crippen LogP contribution < -0.4 is 10.0 Å². The third-order valence-electron chi connectivity index (χ3n) is 2.27. The van der Waals surface area contributed by atoms with Gasteiger partial charge >= 0.3 is 10.4 Å². The number of amides is 1. The highest BCUT2D eigenvalue weighted by Gasteiger charge is 2.17. The van der Waals surface area contributed by atoms with Gasteiger partial charge in [-0.25, -0.2) is 0 Å². The number of hydrogen-bond acceptors (Lipinski definition) is 3. The van der Waals surface area contributed by atoms with Crippen LogP contribution in [0.15, 0.2) is 18.2 Å². The van der Waals surface area contributed by atoms with Crippen LogP contribution in [0.25, 0.3) is 0 Å². The van der Waals surface area contributed by atoms with Gasteiger partial charge in [-0.3, -0.25) is 9.52 Å². The number of benzene rings is 1. The molecule has 0 aliphatic carbocycles. The lowest BCUT2D eigenvalue weighted by Gasteiger charge is -2.16. The van der Waals surface area contributed by atoms with Crippen molar-refractivity contribution >= 4 is 22.0 Å². The first-order valence-electron chi connectivity index (χ1n) is 4.59. The zero-order chi connectivity index (χ0) is 11.8. The summed E-state index contributed by atoms with van der Waals surface area (Å²) in [5.74, 6) is -0.277. The monoisotopic (exact) mass is 244 g/mol. The summed E-state index contributed by atoms with van der Waals surface area (Å²) in [6.45, 7) is 0.556. The predicted octanol–water partition coefficient (Wildman–Crippen LogP) is 0.599. The van der Waals surface area contributed by atoms with Crippen LogP contribution in [0.4, 0.5) is 9.57 Å². The molecule has 0 atom stereocenters.